The van der Waals surface area contributed by atoms with Crippen LogP contribution >= 0.6 is 23.1 Å². The maximum absolute atomic E-state index is 13.3. The maximum atomic E-state index is 13.3. The Bertz CT molecular complexity index is 850. The van der Waals surface area contributed by atoms with Crippen LogP contribution in [0.25, 0.3) is 0 Å². The van der Waals surface area contributed by atoms with Crippen molar-refractivity contribution in [2.24, 2.45) is 0 Å². The van der Waals surface area contributed by atoms with Crippen LogP contribution in [0.3, 0.4) is 0 Å². The van der Waals surface area contributed by atoms with Gasteiger partial charge in [-0.1, -0.05) is 35.2 Å². The zero-order chi connectivity index (χ0) is 18.6. The van der Waals surface area contributed by atoms with Crippen LogP contribution in [0.4, 0.5) is 15.2 Å². The van der Waals surface area contributed by atoms with Crippen LogP contribution < -0.4 is 5.32 Å². The molecule has 0 unspecified atom stereocenters. The third-order valence-corrected chi connectivity index (χ3v) is 6.52. The van der Waals surface area contributed by atoms with E-state index in [-0.39, 0.29) is 11.7 Å². The zero-order valence-corrected chi connectivity index (χ0v) is 16.5. The van der Waals surface area contributed by atoms with E-state index in [1.807, 2.05) is 4.90 Å². The third kappa shape index (κ3) is 4.87. The largest absolute Gasteiger partial charge is 0.330 e. The van der Waals surface area contributed by atoms with E-state index in [1.54, 1.807) is 12.1 Å². The lowest BCUT2D eigenvalue weighted by Crippen LogP contribution is -2.34. The van der Waals surface area contributed by atoms with Crippen molar-refractivity contribution >= 4 is 39.8 Å². The van der Waals surface area contributed by atoms with E-state index in [4.69, 9.17) is 0 Å². The van der Waals surface area contributed by atoms with Gasteiger partial charge >= 0.3 is 0 Å². The van der Waals surface area contributed by atoms with E-state index in [9.17, 15) is 9.18 Å². The van der Waals surface area contributed by atoms with Gasteiger partial charge in [-0.15, -0.1) is 10.2 Å². The summed E-state index contributed by atoms with van der Waals surface area (Å²) in [6.45, 7) is 0. The summed E-state index contributed by atoms with van der Waals surface area (Å²) in [5.74, 6) is 0.218. The molecule has 1 amide bonds. The Hall–Kier alpha value is -1.93. The number of allylic oxidation sites excluding steroid dienone is 2. The highest BCUT2D eigenvalue weighted by atomic mass is 32.2. The van der Waals surface area contributed by atoms with Crippen molar-refractivity contribution in [2.45, 2.75) is 48.9 Å². The number of carbonyl (C=O) groups excluding carboxylic acids is 1. The molecule has 2 aliphatic carbocycles. The molecule has 1 aromatic carbocycles. The summed E-state index contributed by atoms with van der Waals surface area (Å²) < 4.78 is 14.0. The van der Waals surface area contributed by atoms with Crippen LogP contribution in [0.2, 0.25) is 0 Å². The van der Waals surface area contributed by atoms with Crippen molar-refractivity contribution in [3.8, 4) is 0 Å². The van der Waals surface area contributed by atoms with Gasteiger partial charge in [-0.2, -0.15) is 0 Å². The summed E-state index contributed by atoms with van der Waals surface area (Å²) >= 11 is 2.78. The summed E-state index contributed by atoms with van der Waals surface area (Å²) in [5.41, 5.74) is 1.84. The first-order valence-electron chi connectivity index (χ1n) is 9.19. The van der Waals surface area contributed by atoms with Crippen molar-refractivity contribution in [3.63, 3.8) is 0 Å². The Balaban J connectivity index is 1.35. The normalized spacial score (nSPS) is 16.7. The molecule has 0 saturated heterocycles. The minimum Gasteiger partial charge on any atom is -0.330 e. The van der Waals surface area contributed by atoms with Gasteiger partial charge in [0.15, 0.2) is 4.34 Å². The lowest BCUT2D eigenvalue weighted by Gasteiger charge is -2.27. The number of hydrogen-bond donors (Lipinski definition) is 1. The van der Waals surface area contributed by atoms with Gasteiger partial charge in [0, 0.05) is 17.4 Å². The summed E-state index contributed by atoms with van der Waals surface area (Å²) in [6.07, 6.45) is 8.91. The second-order valence-corrected chi connectivity index (χ2v) is 8.93. The highest BCUT2D eigenvalue weighted by Crippen LogP contribution is 2.35. The lowest BCUT2D eigenvalue weighted by molar-refractivity contribution is -0.127. The molecule has 1 aromatic heterocycles. The maximum Gasteiger partial charge on any atom is 0.237 e. The monoisotopic (exact) mass is 404 g/mol. The van der Waals surface area contributed by atoms with Crippen molar-refractivity contribution in [1.82, 2.24) is 15.1 Å². The topological polar surface area (TPSA) is 58.1 Å². The minimum atomic E-state index is -0.304. The number of halogens is 1. The Morgan fingerprint density at radius 2 is 2.22 bits per heavy atom. The molecule has 5 nitrogen and oxygen atoms in total. The molecular weight excluding hydrogens is 383 g/mol. The average Bonchev–Trinajstić information content (AvgIpc) is 3.40. The highest BCUT2D eigenvalue weighted by Gasteiger charge is 2.34. The van der Waals surface area contributed by atoms with Crippen LogP contribution in [0.1, 0.15) is 38.5 Å². The van der Waals surface area contributed by atoms with Crippen molar-refractivity contribution in [2.75, 3.05) is 11.1 Å². The molecule has 1 N–H and O–H groups in total. The smallest absolute Gasteiger partial charge is 0.237 e. The number of anilines is 2. The average molecular weight is 405 g/mol. The van der Waals surface area contributed by atoms with Crippen LogP contribution in [-0.4, -0.2) is 32.8 Å². The van der Waals surface area contributed by atoms with Crippen molar-refractivity contribution < 1.29 is 9.18 Å². The van der Waals surface area contributed by atoms with Crippen LogP contribution in [0.5, 0.6) is 0 Å². The summed E-state index contributed by atoms with van der Waals surface area (Å²) in [5, 5.41) is 11.8. The second kappa shape index (κ2) is 8.39. The predicted molar refractivity (Wildman–Crippen MR) is 107 cm³/mol. The first-order chi connectivity index (χ1) is 13.2. The molecule has 27 heavy (non-hydrogen) atoms. The number of carbonyl (C=O) groups is 1. The van der Waals surface area contributed by atoms with E-state index < -0.39 is 0 Å². The third-order valence-electron chi connectivity index (χ3n) is 4.56. The molecule has 0 atom stereocenters. The number of amides is 1. The molecule has 0 aliphatic heterocycles. The number of benzene rings is 1. The van der Waals surface area contributed by atoms with Crippen LogP contribution in [0, 0.1) is 5.82 Å². The Kier molecular flexibility index (Phi) is 5.73. The molecule has 0 spiro atoms. The first kappa shape index (κ1) is 18.4. The van der Waals surface area contributed by atoms with Gasteiger partial charge in [0.2, 0.25) is 11.0 Å². The van der Waals surface area contributed by atoms with Crippen molar-refractivity contribution in [3.05, 3.63) is 41.9 Å². The van der Waals surface area contributed by atoms with E-state index >= 15 is 0 Å². The quantitative estimate of drug-likeness (QED) is 0.661. The number of rotatable bonds is 7. The molecule has 4 rings (SSSR count). The molecule has 1 saturated carbocycles. The van der Waals surface area contributed by atoms with E-state index in [0.717, 1.165) is 30.0 Å². The summed E-state index contributed by atoms with van der Waals surface area (Å²) in [4.78, 5) is 14.8. The Morgan fingerprint density at radius 1 is 1.33 bits per heavy atom. The van der Waals surface area contributed by atoms with Crippen LogP contribution in [-0.2, 0) is 4.79 Å². The Labute approximate surface area is 166 Å². The van der Waals surface area contributed by atoms with Gasteiger partial charge in [0.1, 0.15) is 5.82 Å². The van der Waals surface area contributed by atoms with E-state index in [0.29, 0.717) is 22.6 Å². The van der Waals surface area contributed by atoms with Gasteiger partial charge < -0.3 is 10.2 Å². The highest BCUT2D eigenvalue weighted by molar-refractivity contribution is 8.01. The number of nitrogens with zero attached hydrogens (tertiary/aromatic N) is 3. The van der Waals surface area contributed by atoms with Gasteiger partial charge in [0.05, 0.1) is 5.75 Å². The predicted octanol–water partition coefficient (Wildman–Crippen LogP) is 4.96. The number of hydrogen-bond acceptors (Lipinski definition) is 6. The standard InChI is InChI=1S/C19H21FN4OS2/c20-13-5-4-6-14(11-13)21-18-22-23-19(27-18)26-12-17(25)24(16-9-10-16)15-7-2-1-3-8-15/h4-7,11,16H,1-3,8-10,12H2,(H,21,22). The second-order valence-electron chi connectivity index (χ2n) is 6.73. The molecule has 1 heterocycles. The zero-order valence-electron chi connectivity index (χ0n) is 14.9. The fraction of sp³-hybridized carbons (Fsp3) is 0.421. The molecule has 2 aliphatic rings. The van der Waals surface area contributed by atoms with Gasteiger partial charge in [-0.05, 0) is 56.7 Å². The molecule has 1 fully saturated rings. The van der Waals surface area contributed by atoms with E-state index in [1.165, 1.54) is 53.8 Å². The SMILES string of the molecule is O=C(CSc1nnc(Nc2cccc(F)c2)s1)N(C1=CCCCC1)C1CC1. The molecular formula is C19H21FN4OS2. The minimum absolute atomic E-state index is 0.158. The van der Waals surface area contributed by atoms with Gasteiger partial charge in [0.25, 0.3) is 0 Å². The van der Waals surface area contributed by atoms with Crippen molar-refractivity contribution in [1.29, 1.82) is 0 Å². The Morgan fingerprint density at radius 3 is 2.96 bits per heavy atom. The van der Waals surface area contributed by atoms with Gasteiger partial charge in [-0.3, -0.25) is 4.79 Å². The fourth-order valence-electron chi connectivity index (χ4n) is 3.17. The van der Waals surface area contributed by atoms with E-state index in [2.05, 4.69) is 21.6 Å². The number of nitrogens with one attached hydrogen (secondary N) is 1. The molecule has 0 bridgehead atoms. The number of thioether (sulfide) groups is 1. The molecule has 142 valence electrons. The lowest BCUT2D eigenvalue weighted by atomic mass is 10.0. The molecule has 8 heteroatoms. The number of aromatic nitrogens is 2. The van der Waals surface area contributed by atoms with Gasteiger partial charge in [-0.25, -0.2) is 4.39 Å². The first-order valence-corrected chi connectivity index (χ1v) is 11.0. The summed E-state index contributed by atoms with van der Waals surface area (Å²) in [7, 11) is 0. The fourth-order valence-corrected chi connectivity index (χ4v) is 4.80. The van der Waals surface area contributed by atoms with Crippen LogP contribution in [0.15, 0.2) is 40.4 Å². The molecule has 0 radical (unpaired) electrons. The summed E-state index contributed by atoms with van der Waals surface area (Å²) in [6, 6.07) is 6.60. The molecule has 2 aromatic rings.